The third kappa shape index (κ3) is 3.99. The van der Waals surface area contributed by atoms with E-state index in [1.54, 1.807) is 30.3 Å². The third-order valence-electron chi connectivity index (χ3n) is 4.74. The molecule has 0 amide bonds. The highest BCUT2D eigenvalue weighted by Gasteiger charge is 2.31. The lowest BCUT2D eigenvalue weighted by Gasteiger charge is -2.20. The number of anilines is 2. The van der Waals surface area contributed by atoms with Crippen LogP contribution in [0.25, 0.3) is 11.0 Å². The van der Waals surface area contributed by atoms with Gasteiger partial charge in [0.15, 0.2) is 11.5 Å². The number of aromatic nitrogens is 2. The highest BCUT2D eigenvalue weighted by molar-refractivity contribution is 6.35. The fourth-order valence-electron chi connectivity index (χ4n) is 3.30. The van der Waals surface area contributed by atoms with E-state index in [1.807, 2.05) is 12.1 Å². The average molecular weight is 462 g/mol. The standard InChI is InChI=1S/C22H15ClF3N3O3/c23-15-10-12(22(24,25)26)11-16-19(15)29-21(28-16)27-13-4-6-14(7-5-13)32-18-3-1-2-17-20(18)31-9-8-30-17/h1-7,10-11H,8-9H2,(H2,27,28,29). The maximum Gasteiger partial charge on any atom is 0.416 e. The molecule has 1 aliphatic heterocycles. The quantitative estimate of drug-likeness (QED) is 0.361. The van der Waals surface area contributed by atoms with Crippen molar-refractivity contribution in [1.82, 2.24) is 9.97 Å². The summed E-state index contributed by atoms with van der Waals surface area (Å²) < 4.78 is 56.1. The number of rotatable bonds is 4. The number of aromatic amines is 1. The average Bonchev–Trinajstić information content (AvgIpc) is 3.18. The molecule has 1 aromatic heterocycles. The number of nitrogens with one attached hydrogen (secondary N) is 2. The summed E-state index contributed by atoms with van der Waals surface area (Å²) in [4.78, 5) is 7.06. The Morgan fingerprint density at radius 3 is 2.59 bits per heavy atom. The normalized spacial score (nSPS) is 13.2. The van der Waals surface area contributed by atoms with Gasteiger partial charge in [0, 0.05) is 5.69 Å². The van der Waals surface area contributed by atoms with E-state index in [4.69, 9.17) is 25.8 Å². The molecule has 0 fully saturated rings. The van der Waals surface area contributed by atoms with Gasteiger partial charge in [-0.3, -0.25) is 0 Å². The van der Waals surface area contributed by atoms with Gasteiger partial charge in [-0.15, -0.1) is 0 Å². The number of H-pyrrole nitrogens is 1. The number of hydrogen-bond donors (Lipinski definition) is 2. The first kappa shape index (κ1) is 20.3. The van der Waals surface area contributed by atoms with Crippen LogP contribution >= 0.6 is 11.6 Å². The summed E-state index contributed by atoms with van der Waals surface area (Å²) in [5, 5.41) is 2.93. The largest absolute Gasteiger partial charge is 0.486 e. The molecule has 3 aromatic carbocycles. The summed E-state index contributed by atoms with van der Waals surface area (Å²) in [6, 6.07) is 14.2. The van der Waals surface area contributed by atoms with Gasteiger partial charge in [0.2, 0.25) is 11.7 Å². The van der Waals surface area contributed by atoms with Crippen LogP contribution in [0.2, 0.25) is 5.02 Å². The topological polar surface area (TPSA) is 68.4 Å². The summed E-state index contributed by atoms with van der Waals surface area (Å²) in [5.74, 6) is 2.55. The maximum absolute atomic E-state index is 13.0. The van der Waals surface area contributed by atoms with Gasteiger partial charge < -0.3 is 24.5 Å². The predicted octanol–water partition coefficient (Wildman–Crippen LogP) is 6.54. The van der Waals surface area contributed by atoms with Crippen LogP contribution in [0, 0.1) is 0 Å². The van der Waals surface area contributed by atoms with Crippen LogP contribution in [-0.2, 0) is 6.18 Å². The number of ether oxygens (including phenoxy) is 3. The lowest BCUT2D eigenvalue weighted by atomic mass is 10.2. The number of imidazole rings is 1. The van der Waals surface area contributed by atoms with Crippen molar-refractivity contribution >= 4 is 34.3 Å². The molecular formula is C22H15ClF3N3O3. The number of halogens is 4. The molecule has 0 atom stereocenters. The second-order valence-corrected chi connectivity index (χ2v) is 7.38. The minimum atomic E-state index is -4.50. The zero-order valence-electron chi connectivity index (χ0n) is 16.3. The van der Waals surface area contributed by atoms with Crippen molar-refractivity contribution < 1.29 is 27.4 Å². The summed E-state index contributed by atoms with van der Waals surface area (Å²) in [6.07, 6.45) is -4.50. The van der Waals surface area contributed by atoms with E-state index in [0.717, 1.165) is 12.1 Å². The maximum atomic E-state index is 13.0. The first-order valence-corrected chi connectivity index (χ1v) is 9.95. The van der Waals surface area contributed by atoms with Crippen LogP contribution in [0.1, 0.15) is 5.56 Å². The Kier molecular flexibility index (Phi) is 4.97. The van der Waals surface area contributed by atoms with Crippen LogP contribution in [0.3, 0.4) is 0 Å². The van der Waals surface area contributed by atoms with Crippen LogP contribution < -0.4 is 19.5 Å². The molecule has 10 heteroatoms. The Bertz CT molecular complexity index is 1290. The lowest BCUT2D eigenvalue weighted by molar-refractivity contribution is -0.137. The Balaban J connectivity index is 1.34. The smallest absolute Gasteiger partial charge is 0.416 e. The molecule has 6 nitrogen and oxygen atoms in total. The van der Waals surface area contributed by atoms with Crippen LogP contribution in [0.4, 0.5) is 24.8 Å². The minimum absolute atomic E-state index is 0.0831. The third-order valence-corrected chi connectivity index (χ3v) is 5.03. The molecule has 4 aromatic rings. The second kappa shape index (κ2) is 7.83. The highest BCUT2D eigenvalue weighted by Crippen LogP contribution is 2.41. The Labute approximate surface area is 184 Å². The lowest BCUT2D eigenvalue weighted by Crippen LogP contribution is -2.15. The molecule has 2 heterocycles. The minimum Gasteiger partial charge on any atom is -0.486 e. The highest BCUT2D eigenvalue weighted by atomic mass is 35.5. The van der Waals surface area contributed by atoms with E-state index in [2.05, 4.69) is 15.3 Å². The fourth-order valence-corrected chi connectivity index (χ4v) is 3.56. The first-order valence-electron chi connectivity index (χ1n) is 9.57. The van der Waals surface area contributed by atoms with Crippen molar-refractivity contribution in [1.29, 1.82) is 0 Å². The van der Waals surface area contributed by atoms with E-state index in [9.17, 15) is 13.2 Å². The summed E-state index contributed by atoms with van der Waals surface area (Å²) in [5.41, 5.74) is 0.240. The number of benzene rings is 3. The molecule has 32 heavy (non-hydrogen) atoms. The number of nitrogens with zero attached hydrogens (tertiary/aromatic N) is 1. The van der Waals surface area contributed by atoms with E-state index in [1.165, 1.54) is 0 Å². The Morgan fingerprint density at radius 1 is 1.03 bits per heavy atom. The Morgan fingerprint density at radius 2 is 1.81 bits per heavy atom. The van der Waals surface area contributed by atoms with Gasteiger partial charge in [0.1, 0.15) is 24.5 Å². The van der Waals surface area contributed by atoms with Crippen molar-refractivity contribution in [3.8, 4) is 23.0 Å². The number of fused-ring (bicyclic) bond motifs is 2. The molecule has 0 radical (unpaired) electrons. The molecule has 0 saturated heterocycles. The molecule has 164 valence electrons. The van der Waals surface area contributed by atoms with Crippen LogP contribution in [0.15, 0.2) is 54.6 Å². The predicted molar refractivity (Wildman–Crippen MR) is 113 cm³/mol. The molecule has 0 spiro atoms. The van der Waals surface area contributed by atoms with Crippen LogP contribution in [-0.4, -0.2) is 23.2 Å². The van der Waals surface area contributed by atoms with Gasteiger partial charge >= 0.3 is 6.18 Å². The van der Waals surface area contributed by atoms with Crippen LogP contribution in [0.5, 0.6) is 23.0 Å². The van der Waals surface area contributed by atoms with Crippen molar-refractivity contribution in [3.63, 3.8) is 0 Å². The summed E-state index contributed by atoms with van der Waals surface area (Å²) >= 11 is 5.99. The number of para-hydroxylation sites is 1. The van der Waals surface area contributed by atoms with Gasteiger partial charge in [-0.05, 0) is 48.5 Å². The van der Waals surface area contributed by atoms with Crippen molar-refractivity contribution in [2.75, 3.05) is 18.5 Å². The fraction of sp³-hybridized carbons (Fsp3) is 0.136. The zero-order valence-corrected chi connectivity index (χ0v) is 17.1. The SMILES string of the molecule is FC(F)(F)c1cc(Cl)c2nc(Nc3ccc(Oc4cccc5c4OCCO5)cc3)[nH]c2c1. The number of hydrogen-bond acceptors (Lipinski definition) is 5. The van der Waals surface area contributed by atoms with E-state index >= 15 is 0 Å². The van der Waals surface area contributed by atoms with Gasteiger partial charge in [0.05, 0.1) is 16.1 Å². The molecule has 0 saturated carbocycles. The Hall–Kier alpha value is -3.59. The van der Waals surface area contributed by atoms with Gasteiger partial charge in [-0.2, -0.15) is 13.2 Å². The summed E-state index contributed by atoms with van der Waals surface area (Å²) in [6.45, 7) is 0.934. The van der Waals surface area contributed by atoms with Crippen molar-refractivity contribution in [3.05, 3.63) is 65.2 Å². The van der Waals surface area contributed by atoms with E-state index in [0.29, 0.717) is 41.9 Å². The van der Waals surface area contributed by atoms with E-state index < -0.39 is 11.7 Å². The molecule has 0 bridgehead atoms. The summed E-state index contributed by atoms with van der Waals surface area (Å²) in [7, 11) is 0. The van der Waals surface area contributed by atoms with Crippen molar-refractivity contribution in [2.45, 2.75) is 6.18 Å². The van der Waals surface area contributed by atoms with E-state index in [-0.39, 0.29) is 22.0 Å². The molecule has 0 aliphatic carbocycles. The molecule has 0 unspecified atom stereocenters. The van der Waals surface area contributed by atoms with Gasteiger partial charge in [-0.25, -0.2) is 4.98 Å². The van der Waals surface area contributed by atoms with Crippen molar-refractivity contribution in [2.24, 2.45) is 0 Å². The molecule has 2 N–H and O–H groups in total. The molecule has 5 rings (SSSR count). The monoisotopic (exact) mass is 461 g/mol. The molecular weight excluding hydrogens is 447 g/mol. The first-order chi connectivity index (χ1) is 15.4. The molecule has 1 aliphatic rings. The number of alkyl halides is 3. The second-order valence-electron chi connectivity index (χ2n) is 6.97. The zero-order chi connectivity index (χ0) is 22.3. The van der Waals surface area contributed by atoms with Gasteiger partial charge in [-0.1, -0.05) is 17.7 Å². The van der Waals surface area contributed by atoms with Gasteiger partial charge in [0.25, 0.3) is 0 Å².